The minimum absolute atomic E-state index is 0.0463. The standard InChI is InChI=1S/C20H18N2O4/c1-2-24-18-8-3-5-14-11-15(13-26-19(14)18)20(23)22-16-6-4-7-17(12-16)25-10-9-21/h3-8,11-12H,2,10,13H2,1H3,(H,22,23). The molecular formula is C20H18N2O4. The Labute approximate surface area is 151 Å². The van der Waals surface area contributed by atoms with Gasteiger partial charge in [-0.05, 0) is 31.2 Å². The number of carbonyl (C=O) groups is 1. The molecule has 0 saturated carbocycles. The molecule has 2 aromatic rings. The van der Waals surface area contributed by atoms with Gasteiger partial charge >= 0.3 is 0 Å². The molecular weight excluding hydrogens is 332 g/mol. The van der Waals surface area contributed by atoms with Gasteiger partial charge in [-0.3, -0.25) is 4.79 Å². The number of anilines is 1. The van der Waals surface area contributed by atoms with E-state index in [4.69, 9.17) is 19.5 Å². The molecule has 0 unspecified atom stereocenters. The summed E-state index contributed by atoms with van der Waals surface area (Å²) in [5, 5.41) is 11.4. The van der Waals surface area contributed by atoms with E-state index >= 15 is 0 Å². The van der Waals surface area contributed by atoms with Crippen LogP contribution in [0.5, 0.6) is 17.2 Å². The molecule has 6 nitrogen and oxygen atoms in total. The Balaban J connectivity index is 1.75. The highest BCUT2D eigenvalue weighted by Crippen LogP contribution is 2.36. The fourth-order valence-electron chi connectivity index (χ4n) is 2.57. The predicted molar refractivity (Wildman–Crippen MR) is 97.3 cm³/mol. The largest absolute Gasteiger partial charge is 0.490 e. The Hall–Kier alpha value is -3.46. The van der Waals surface area contributed by atoms with Gasteiger partial charge in [0.1, 0.15) is 18.4 Å². The molecule has 0 spiro atoms. The Kier molecular flexibility index (Phi) is 5.40. The topological polar surface area (TPSA) is 80.6 Å². The lowest BCUT2D eigenvalue weighted by Crippen LogP contribution is -2.21. The van der Waals surface area contributed by atoms with Gasteiger partial charge in [-0.25, -0.2) is 0 Å². The molecule has 0 aliphatic carbocycles. The Morgan fingerprint density at radius 1 is 1.27 bits per heavy atom. The summed E-state index contributed by atoms with van der Waals surface area (Å²) in [4.78, 5) is 12.5. The fourth-order valence-corrected chi connectivity index (χ4v) is 2.57. The number of nitrogens with zero attached hydrogens (tertiary/aromatic N) is 1. The lowest BCUT2D eigenvalue weighted by atomic mass is 10.1. The van der Waals surface area contributed by atoms with Crippen LogP contribution in [0.4, 0.5) is 5.69 Å². The molecule has 3 rings (SSSR count). The van der Waals surface area contributed by atoms with Crippen LogP contribution < -0.4 is 19.5 Å². The molecule has 26 heavy (non-hydrogen) atoms. The molecule has 1 aliphatic heterocycles. The van der Waals surface area contributed by atoms with E-state index < -0.39 is 0 Å². The summed E-state index contributed by atoms with van der Waals surface area (Å²) in [7, 11) is 0. The number of ether oxygens (including phenoxy) is 3. The first-order chi connectivity index (χ1) is 12.7. The molecule has 1 N–H and O–H groups in total. The molecule has 132 valence electrons. The summed E-state index contributed by atoms with van der Waals surface area (Å²) in [5.41, 5.74) is 1.90. The maximum atomic E-state index is 12.5. The van der Waals surface area contributed by atoms with E-state index in [1.165, 1.54) is 0 Å². The number of fused-ring (bicyclic) bond motifs is 1. The van der Waals surface area contributed by atoms with E-state index in [1.54, 1.807) is 30.3 Å². The molecule has 0 bridgehead atoms. The molecule has 6 heteroatoms. The molecule has 0 aromatic heterocycles. The van der Waals surface area contributed by atoms with Crippen LogP contribution in [0.2, 0.25) is 0 Å². The lowest BCUT2D eigenvalue weighted by molar-refractivity contribution is -0.113. The van der Waals surface area contributed by atoms with E-state index in [0.717, 1.165) is 5.56 Å². The van der Waals surface area contributed by atoms with Crippen LogP contribution in [-0.4, -0.2) is 25.7 Å². The van der Waals surface area contributed by atoms with Crippen LogP contribution in [0.1, 0.15) is 12.5 Å². The van der Waals surface area contributed by atoms with Gasteiger partial charge < -0.3 is 19.5 Å². The summed E-state index contributed by atoms with van der Waals surface area (Å²) in [6, 6.07) is 14.4. The summed E-state index contributed by atoms with van der Waals surface area (Å²) in [5.74, 6) is 1.58. The number of hydrogen-bond acceptors (Lipinski definition) is 5. The second-order valence-corrected chi connectivity index (χ2v) is 5.49. The first kappa shape index (κ1) is 17.4. The molecule has 0 fully saturated rings. The van der Waals surface area contributed by atoms with Crippen LogP contribution in [0.3, 0.4) is 0 Å². The molecule has 2 aromatic carbocycles. The molecule has 0 radical (unpaired) electrons. The monoisotopic (exact) mass is 350 g/mol. The minimum atomic E-state index is -0.255. The third kappa shape index (κ3) is 3.95. The quantitative estimate of drug-likeness (QED) is 0.863. The summed E-state index contributed by atoms with van der Waals surface area (Å²) < 4.78 is 16.5. The SMILES string of the molecule is CCOc1cccc2c1OCC(C(=O)Nc1cccc(OCC#N)c1)=C2. The number of rotatable bonds is 6. The Morgan fingerprint density at radius 2 is 2.12 bits per heavy atom. The van der Waals surface area contributed by atoms with Gasteiger partial charge in [0, 0.05) is 17.3 Å². The summed E-state index contributed by atoms with van der Waals surface area (Å²) in [6.07, 6.45) is 1.80. The van der Waals surface area contributed by atoms with Crippen LogP contribution in [0.15, 0.2) is 48.0 Å². The third-order valence-corrected chi connectivity index (χ3v) is 3.70. The van der Waals surface area contributed by atoms with Crippen molar-refractivity contribution >= 4 is 17.7 Å². The van der Waals surface area contributed by atoms with Gasteiger partial charge in [0.25, 0.3) is 5.91 Å². The summed E-state index contributed by atoms with van der Waals surface area (Å²) in [6.45, 7) is 2.56. The number of amides is 1. The number of carbonyl (C=O) groups excluding carboxylic acids is 1. The van der Waals surface area contributed by atoms with E-state index in [0.29, 0.717) is 35.1 Å². The zero-order valence-corrected chi connectivity index (χ0v) is 14.3. The summed E-state index contributed by atoms with van der Waals surface area (Å²) >= 11 is 0. The molecule has 1 heterocycles. The van der Waals surface area contributed by atoms with Gasteiger partial charge in [0.2, 0.25) is 0 Å². The Bertz CT molecular complexity index is 884. The maximum absolute atomic E-state index is 12.5. The van der Waals surface area contributed by atoms with Crippen molar-refractivity contribution in [2.24, 2.45) is 0 Å². The average molecular weight is 350 g/mol. The smallest absolute Gasteiger partial charge is 0.255 e. The molecule has 0 atom stereocenters. The first-order valence-corrected chi connectivity index (χ1v) is 8.21. The first-order valence-electron chi connectivity index (χ1n) is 8.21. The van der Waals surface area contributed by atoms with Gasteiger partial charge in [-0.1, -0.05) is 18.2 Å². The van der Waals surface area contributed by atoms with E-state index in [9.17, 15) is 4.79 Å². The second kappa shape index (κ2) is 8.08. The van der Waals surface area contributed by atoms with Crippen molar-refractivity contribution in [1.29, 1.82) is 5.26 Å². The van der Waals surface area contributed by atoms with Gasteiger partial charge in [-0.2, -0.15) is 5.26 Å². The second-order valence-electron chi connectivity index (χ2n) is 5.49. The van der Waals surface area contributed by atoms with Crippen molar-refractivity contribution in [3.8, 4) is 23.3 Å². The van der Waals surface area contributed by atoms with E-state index in [1.807, 2.05) is 31.2 Å². The van der Waals surface area contributed by atoms with Crippen LogP contribution in [-0.2, 0) is 4.79 Å². The van der Waals surface area contributed by atoms with Crippen LogP contribution in [0, 0.1) is 11.3 Å². The van der Waals surface area contributed by atoms with Crippen molar-refractivity contribution in [2.75, 3.05) is 25.1 Å². The fraction of sp³-hybridized carbons (Fsp3) is 0.200. The lowest BCUT2D eigenvalue weighted by Gasteiger charge is -2.20. The van der Waals surface area contributed by atoms with Crippen molar-refractivity contribution in [1.82, 2.24) is 0 Å². The molecule has 1 amide bonds. The number of benzene rings is 2. The number of nitriles is 1. The zero-order chi connectivity index (χ0) is 18.4. The van der Waals surface area contributed by atoms with Crippen LogP contribution in [0.25, 0.3) is 6.08 Å². The average Bonchev–Trinajstić information content (AvgIpc) is 2.66. The van der Waals surface area contributed by atoms with Crippen molar-refractivity contribution in [2.45, 2.75) is 6.92 Å². The number of hydrogen-bond donors (Lipinski definition) is 1. The highest BCUT2D eigenvalue weighted by atomic mass is 16.5. The number of nitrogens with one attached hydrogen (secondary N) is 1. The number of para-hydroxylation sites is 1. The zero-order valence-electron chi connectivity index (χ0n) is 14.3. The molecule has 0 saturated heterocycles. The normalized spacial score (nSPS) is 12.1. The van der Waals surface area contributed by atoms with E-state index in [2.05, 4.69) is 5.32 Å². The molecule has 1 aliphatic rings. The highest BCUT2D eigenvalue weighted by molar-refractivity contribution is 6.07. The van der Waals surface area contributed by atoms with Gasteiger partial charge in [-0.15, -0.1) is 0 Å². The van der Waals surface area contributed by atoms with Crippen molar-refractivity contribution in [3.05, 3.63) is 53.6 Å². The predicted octanol–water partition coefficient (Wildman–Crippen LogP) is 3.40. The van der Waals surface area contributed by atoms with Crippen LogP contribution >= 0.6 is 0 Å². The van der Waals surface area contributed by atoms with Gasteiger partial charge in [0.15, 0.2) is 18.1 Å². The van der Waals surface area contributed by atoms with E-state index in [-0.39, 0.29) is 19.1 Å². The maximum Gasteiger partial charge on any atom is 0.255 e. The highest BCUT2D eigenvalue weighted by Gasteiger charge is 2.20. The van der Waals surface area contributed by atoms with Crippen molar-refractivity contribution in [3.63, 3.8) is 0 Å². The van der Waals surface area contributed by atoms with Gasteiger partial charge in [0.05, 0.1) is 12.2 Å². The Morgan fingerprint density at radius 3 is 2.92 bits per heavy atom. The van der Waals surface area contributed by atoms with Crippen molar-refractivity contribution < 1.29 is 19.0 Å². The third-order valence-electron chi connectivity index (χ3n) is 3.70. The minimum Gasteiger partial charge on any atom is -0.490 e.